The number of ether oxygens (including phenoxy) is 1. The third-order valence-corrected chi connectivity index (χ3v) is 5.55. The Kier molecular flexibility index (Phi) is 5.39. The molecule has 0 aliphatic rings. The summed E-state index contributed by atoms with van der Waals surface area (Å²) in [5.41, 5.74) is 1.51. The zero-order valence-electron chi connectivity index (χ0n) is 14.7. The molecular weight excluding hydrogens is 358 g/mol. The molecule has 0 N–H and O–H groups in total. The second-order valence-corrected chi connectivity index (χ2v) is 7.84. The van der Waals surface area contributed by atoms with Gasteiger partial charge in [-0.2, -0.15) is 5.26 Å². The van der Waals surface area contributed by atoms with Gasteiger partial charge in [-0.3, -0.25) is 0 Å². The molecule has 0 bridgehead atoms. The van der Waals surface area contributed by atoms with Gasteiger partial charge >= 0.3 is 0 Å². The summed E-state index contributed by atoms with van der Waals surface area (Å²) >= 11 is 0. The van der Waals surface area contributed by atoms with Gasteiger partial charge in [0.2, 0.25) is 9.84 Å². The van der Waals surface area contributed by atoms with E-state index in [9.17, 15) is 13.7 Å². The van der Waals surface area contributed by atoms with Crippen molar-refractivity contribution in [2.75, 3.05) is 0 Å². The third kappa shape index (κ3) is 4.43. The molecule has 0 saturated heterocycles. The summed E-state index contributed by atoms with van der Waals surface area (Å²) in [7, 11) is -3.88. The van der Waals surface area contributed by atoms with Crippen LogP contribution in [0.25, 0.3) is 6.08 Å². The van der Waals surface area contributed by atoms with E-state index in [1.54, 1.807) is 42.5 Å². The molecule has 0 aromatic heterocycles. The maximum absolute atomic E-state index is 12.7. The van der Waals surface area contributed by atoms with Gasteiger partial charge in [0.25, 0.3) is 0 Å². The summed E-state index contributed by atoms with van der Waals surface area (Å²) in [5.74, 6) is 1.23. The molecule has 0 aliphatic carbocycles. The molecule has 0 radical (unpaired) electrons. The fourth-order valence-corrected chi connectivity index (χ4v) is 3.62. The molecule has 0 unspecified atom stereocenters. The first-order valence-electron chi connectivity index (χ1n) is 8.25. The van der Waals surface area contributed by atoms with E-state index in [2.05, 4.69) is 0 Å². The van der Waals surface area contributed by atoms with E-state index in [-0.39, 0.29) is 9.80 Å². The molecule has 5 heteroatoms. The van der Waals surface area contributed by atoms with Crippen molar-refractivity contribution in [2.24, 2.45) is 0 Å². The number of benzene rings is 3. The Hall–Kier alpha value is -3.36. The predicted octanol–water partition coefficient (Wildman–Crippen LogP) is 5.13. The average Bonchev–Trinajstić information content (AvgIpc) is 2.67. The summed E-state index contributed by atoms with van der Waals surface area (Å²) in [4.78, 5) is -0.221. The van der Waals surface area contributed by atoms with Gasteiger partial charge in [-0.25, -0.2) is 8.42 Å². The van der Waals surface area contributed by atoms with E-state index in [1.165, 1.54) is 18.2 Å². The van der Waals surface area contributed by atoms with Crippen molar-refractivity contribution in [3.63, 3.8) is 0 Å². The third-order valence-electron chi connectivity index (χ3n) is 3.87. The summed E-state index contributed by atoms with van der Waals surface area (Å²) in [6.07, 6.45) is 1.35. The summed E-state index contributed by atoms with van der Waals surface area (Å²) in [5, 5.41) is 9.41. The Morgan fingerprint density at radius 3 is 2.26 bits per heavy atom. The van der Waals surface area contributed by atoms with Gasteiger partial charge in [0, 0.05) is 0 Å². The number of nitriles is 1. The van der Waals surface area contributed by atoms with Crippen LogP contribution in [0.15, 0.2) is 88.7 Å². The SMILES string of the molecule is Cc1ccc(S(=O)(=O)C(C#N)=Cc2cccc(Oc3ccccc3)c2)cc1. The molecule has 3 aromatic carbocycles. The maximum Gasteiger partial charge on any atom is 0.216 e. The lowest BCUT2D eigenvalue weighted by molar-refractivity contribution is 0.482. The van der Waals surface area contributed by atoms with Crippen molar-refractivity contribution in [2.45, 2.75) is 11.8 Å². The van der Waals surface area contributed by atoms with Crippen molar-refractivity contribution >= 4 is 15.9 Å². The predicted molar refractivity (Wildman–Crippen MR) is 105 cm³/mol. The number of hydrogen-bond donors (Lipinski definition) is 0. The Morgan fingerprint density at radius 2 is 1.59 bits per heavy atom. The van der Waals surface area contributed by atoms with Crippen molar-refractivity contribution in [3.05, 3.63) is 94.9 Å². The van der Waals surface area contributed by atoms with E-state index in [4.69, 9.17) is 4.74 Å². The minimum atomic E-state index is -3.88. The van der Waals surface area contributed by atoms with Crippen LogP contribution in [-0.4, -0.2) is 8.42 Å². The summed E-state index contributed by atoms with van der Waals surface area (Å²) < 4.78 is 31.2. The zero-order valence-corrected chi connectivity index (χ0v) is 15.5. The first kappa shape index (κ1) is 18.4. The first-order valence-corrected chi connectivity index (χ1v) is 9.74. The molecule has 0 spiro atoms. The Labute approximate surface area is 158 Å². The minimum Gasteiger partial charge on any atom is -0.457 e. The van der Waals surface area contributed by atoms with Crippen LogP contribution in [0.3, 0.4) is 0 Å². The lowest BCUT2D eigenvalue weighted by Gasteiger charge is -2.07. The Balaban J connectivity index is 1.93. The van der Waals surface area contributed by atoms with E-state index >= 15 is 0 Å². The highest BCUT2D eigenvalue weighted by molar-refractivity contribution is 7.95. The highest BCUT2D eigenvalue weighted by atomic mass is 32.2. The van der Waals surface area contributed by atoms with Gasteiger partial charge < -0.3 is 4.74 Å². The number of allylic oxidation sites excluding steroid dienone is 1. The second-order valence-electron chi connectivity index (χ2n) is 5.92. The average molecular weight is 375 g/mol. The molecule has 134 valence electrons. The monoisotopic (exact) mass is 375 g/mol. The fraction of sp³-hybridized carbons (Fsp3) is 0.0455. The number of para-hydroxylation sites is 1. The fourth-order valence-electron chi connectivity index (χ4n) is 2.46. The topological polar surface area (TPSA) is 67.2 Å². The van der Waals surface area contributed by atoms with Crippen LogP contribution in [0.4, 0.5) is 0 Å². The van der Waals surface area contributed by atoms with E-state index in [1.807, 2.05) is 37.3 Å². The molecule has 3 aromatic rings. The van der Waals surface area contributed by atoms with E-state index in [0.29, 0.717) is 17.1 Å². The van der Waals surface area contributed by atoms with Crippen LogP contribution in [0.2, 0.25) is 0 Å². The first-order chi connectivity index (χ1) is 13.0. The van der Waals surface area contributed by atoms with Crippen LogP contribution in [0.1, 0.15) is 11.1 Å². The number of sulfone groups is 1. The van der Waals surface area contributed by atoms with Crippen molar-refractivity contribution < 1.29 is 13.2 Å². The van der Waals surface area contributed by atoms with Crippen molar-refractivity contribution in [3.8, 4) is 17.6 Å². The zero-order chi connectivity index (χ0) is 19.3. The Bertz CT molecular complexity index is 1110. The summed E-state index contributed by atoms with van der Waals surface area (Å²) in [6.45, 7) is 1.87. The minimum absolute atomic E-state index is 0.0950. The molecule has 0 aliphatic heterocycles. The Morgan fingerprint density at radius 1 is 0.926 bits per heavy atom. The quantitative estimate of drug-likeness (QED) is 0.580. The van der Waals surface area contributed by atoms with Crippen LogP contribution in [0, 0.1) is 18.3 Å². The molecule has 0 saturated carbocycles. The van der Waals surface area contributed by atoms with Crippen LogP contribution in [0.5, 0.6) is 11.5 Å². The van der Waals surface area contributed by atoms with Crippen molar-refractivity contribution in [1.29, 1.82) is 5.26 Å². The largest absolute Gasteiger partial charge is 0.457 e. The molecule has 3 rings (SSSR count). The molecule has 4 nitrogen and oxygen atoms in total. The van der Waals surface area contributed by atoms with E-state index < -0.39 is 9.84 Å². The summed E-state index contributed by atoms with van der Waals surface area (Å²) in [6, 6.07) is 24.4. The van der Waals surface area contributed by atoms with Crippen LogP contribution < -0.4 is 4.74 Å². The normalized spacial score (nSPS) is 11.6. The number of hydrogen-bond acceptors (Lipinski definition) is 4. The van der Waals surface area contributed by atoms with Gasteiger partial charge in [0.15, 0.2) is 0 Å². The molecule has 27 heavy (non-hydrogen) atoms. The maximum atomic E-state index is 12.7. The van der Waals surface area contributed by atoms with Gasteiger partial charge in [-0.05, 0) is 55.0 Å². The standard InChI is InChI=1S/C22H17NO3S/c1-17-10-12-21(13-11-17)27(24,25)22(16-23)15-18-6-5-9-20(14-18)26-19-7-3-2-4-8-19/h2-15H,1H3. The van der Waals surface area contributed by atoms with Gasteiger partial charge in [0.05, 0.1) is 4.90 Å². The number of nitrogens with zero attached hydrogens (tertiary/aromatic N) is 1. The lowest BCUT2D eigenvalue weighted by atomic mass is 10.2. The number of aryl methyl sites for hydroxylation is 1. The highest BCUT2D eigenvalue weighted by Gasteiger charge is 2.20. The second kappa shape index (κ2) is 7.90. The van der Waals surface area contributed by atoms with Gasteiger partial charge in [-0.15, -0.1) is 0 Å². The van der Waals surface area contributed by atoms with Crippen LogP contribution in [-0.2, 0) is 9.84 Å². The van der Waals surface area contributed by atoms with Gasteiger partial charge in [0.1, 0.15) is 22.5 Å². The molecule has 0 fully saturated rings. The highest BCUT2D eigenvalue weighted by Crippen LogP contribution is 2.25. The molecule has 0 heterocycles. The molecular formula is C22H17NO3S. The molecule has 0 amide bonds. The van der Waals surface area contributed by atoms with Crippen molar-refractivity contribution in [1.82, 2.24) is 0 Å². The smallest absolute Gasteiger partial charge is 0.216 e. The molecule has 0 atom stereocenters. The van der Waals surface area contributed by atoms with Crippen LogP contribution >= 0.6 is 0 Å². The van der Waals surface area contributed by atoms with Gasteiger partial charge in [-0.1, -0.05) is 48.0 Å². The number of rotatable bonds is 5. The van der Waals surface area contributed by atoms with E-state index in [0.717, 1.165) is 5.56 Å². The lowest BCUT2D eigenvalue weighted by Crippen LogP contribution is -2.03.